The van der Waals surface area contributed by atoms with E-state index in [-0.39, 0.29) is 23.1 Å². The molecule has 9 nitrogen and oxygen atoms in total. The average Bonchev–Trinajstić information content (AvgIpc) is 2.57. The molecule has 1 heterocycles. The second kappa shape index (κ2) is 7.01. The molecule has 0 spiro atoms. The monoisotopic (exact) mass is 366 g/mol. The number of amides is 1. The Balaban J connectivity index is 2.50. The third kappa shape index (κ3) is 3.66. The number of nitrogens with one attached hydrogen (secondary N) is 3. The van der Waals surface area contributed by atoms with Crippen LogP contribution in [0, 0.1) is 11.3 Å². The molecule has 1 amide bonds. The SMILES string of the molecule is CNc1nc(N)nc(NNc2c(C(N)=O)cccc2C(F)(F)F)c1C#N. The van der Waals surface area contributed by atoms with Crippen molar-refractivity contribution < 1.29 is 18.0 Å². The maximum absolute atomic E-state index is 13.2. The molecule has 0 radical (unpaired) electrons. The first-order valence-corrected chi connectivity index (χ1v) is 6.96. The van der Waals surface area contributed by atoms with Gasteiger partial charge in [-0.3, -0.25) is 15.6 Å². The molecule has 0 fully saturated rings. The summed E-state index contributed by atoms with van der Waals surface area (Å²) in [5, 5.41) is 11.8. The highest BCUT2D eigenvalue weighted by Gasteiger charge is 2.35. The normalized spacial score (nSPS) is 10.7. The molecular weight excluding hydrogens is 353 g/mol. The van der Waals surface area contributed by atoms with Crippen molar-refractivity contribution in [3.63, 3.8) is 0 Å². The largest absolute Gasteiger partial charge is 0.418 e. The summed E-state index contributed by atoms with van der Waals surface area (Å²) >= 11 is 0. The summed E-state index contributed by atoms with van der Waals surface area (Å²) in [6.45, 7) is 0. The number of hydrogen-bond donors (Lipinski definition) is 5. The molecule has 12 heteroatoms. The number of hydrazine groups is 1. The van der Waals surface area contributed by atoms with Crippen molar-refractivity contribution in [2.75, 3.05) is 28.9 Å². The van der Waals surface area contributed by atoms with Gasteiger partial charge in [0.2, 0.25) is 5.95 Å². The number of alkyl halides is 3. The Bertz CT molecular complexity index is 891. The minimum absolute atomic E-state index is 0.0727. The third-order valence-corrected chi connectivity index (χ3v) is 3.22. The van der Waals surface area contributed by atoms with Gasteiger partial charge in [0, 0.05) is 7.05 Å². The fraction of sp³-hybridized carbons (Fsp3) is 0.143. The van der Waals surface area contributed by atoms with E-state index in [9.17, 15) is 23.2 Å². The van der Waals surface area contributed by atoms with Crippen molar-refractivity contribution in [1.29, 1.82) is 5.26 Å². The predicted molar refractivity (Wildman–Crippen MR) is 87.9 cm³/mol. The number of nitrogens with two attached hydrogens (primary N) is 2. The molecule has 0 aliphatic rings. The van der Waals surface area contributed by atoms with Crippen LogP contribution in [0.3, 0.4) is 0 Å². The van der Waals surface area contributed by atoms with Crippen LogP contribution < -0.4 is 27.6 Å². The molecule has 0 bridgehead atoms. The minimum Gasteiger partial charge on any atom is -0.372 e. The predicted octanol–water partition coefficient (Wildman–Crippen LogP) is 1.53. The van der Waals surface area contributed by atoms with Crippen molar-refractivity contribution in [2.24, 2.45) is 5.73 Å². The standard InChI is InChI=1S/C14H13F3N8O/c1-21-11-7(5-18)12(23-13(20)22-11)25-24-9-6(10(19)26)3-2-4-8(9)14(15,16)17/h2-4,24H,1H3,(H2,19,26)(H4,20,21,22,23,25). The molecule has 2 aromatic rings. The Morgan fingerprint density at radius 1 is 1.23 bits per heavy atom. The molecule has 0 saturated heterocycles. The van der Waals surface area contributed by atoms with Crippen LogP contribution in [-0.2, 0) is 6.18 Å². The number of rotatable bonds is 5. The van der Waals surface area contributed by atoms with E-state index in [1.165, 1.54) is 7.05 Å². The van der Waals surface area contributed by atoms with Gasteiger partial charge < -0.3 is 16.8 Å². The number of nitrogens with zero attached hydrogens (tertiary/aromatic N) is 3. The van der Waals surface area contributed by atoms with Gasteiger partial charge in [0.1, 0.15) is 11.6 Å². The highest BCUT2D eigenvalue weighted by atomic mass is 19.4. The van der Waals surface area contributed by atoms with Crippen molar-refractivity contribution in [3.05, 3.63) is 34.9 Å². The highest BCUT2D eigenvalue weighted by Crippen LogP contribution is 2.36. The zero-order valence-corrected chi connectivity index (χ0v) is 13.3. The number of aromatic nitrogens is 2. The maximum atomic E-state index is 13.2. The van der Waals surface area contributed by atoms with Crippen LogP contribution in [0.25, 0.3) is 0 Å². The topological polar surface area (TPSA) is 155 Å². The summed E-state index contributed by atoms with van der Waals surface area (Å²) in [5.74, 6) is -1.41. The van der Waals surface area contributed by atoms with Crippen molar-refractivity contribution in [1.82, 2.24) is 9.97 Å². The number of carbonyl (C=O) groups is 1. The van der Waals surface area contributed by atoms with Gasteiger partial charge >= 0.3 is 6.18 Å². The lowest BCUT2D eigenvalue weighted by molar-refractivity contribution is -0.136. The van der Waals surface area contributed by atoms with Crippen LogP contribution >= 0.6 is 0 Å². The van der Waals surface area contributed by atoms with E-state index in [1.54, 1.807) is 6.07 Å². The molecule has 2 rings (SSSR count). The Labute approximate surface area is 145 Å². The van der Waals surface area contributed by atoms with Gasteiger partial charge in [-0.05, 0) is 12.1 Å². The van der Waals surface area contributed by atoms with Gasteiger partial charge in [0.05, 0.1) is 16.8 Å². The summed E-state index contributed by atoms with van der Waals surface area (Å²) < 4.78 is 39.7. The molecule has 0 aliphatic heterocycles. The number of nitriles is 1. The molecule has 1 aromatic carbocycles. The number of anilines is 4. The first-order valence-electron chi connectivity index (χ1n) is 6.96. The minimum atomic E-state index is -4.76. The Hall–Kier alpha value is -3.75. The van der Waals surface area contributed by atoms with Crippen molar-refractivity contribution >= 4 is 29.2 Å². The van der Waals surface area contributed by atoms with E-state index >= 15 is 0 Å². The first kappa shape index (κ1) is 18.6. The summed E-state index contributed by atoms with van der Waals surface area (Å²) in [4.78, 5) is 19.0. The number of halogens is 3. The van der Waals surface area contributed by atoms with Crippen LogP contribution in [-0.4, -0.2) is 22.9 Å². The summed E-state index contributed by atoms with van der Waals surface area (Å²) in [5.41, 5.74) is 13.0. The van der Waals surface area contributed by atoms with Crippen molar-refractivity contribution in [3.8, 4) is 6.07 Å². The van der Waals surface area contributed by atoms with E-state index in [1.807, 2.05) is 0 Å². The lowest BCUT2D eigenvalue weighted by atomic mass is 10.1. The van der Waals surface area contributed by atoms with E-state index in [0.29, 0.717) is 0 Å². The summed E-state index contributed by atoms with van der Waals surface area (Å²) in [6.07, 6.45) is -4.76. The van der Waals surface area contributed by atoms with Gasteiger partial charge in [0.15, 0.2) is 11.6 Å². The van der Waals surface area contributed by atoms with Crippen molar-refractivity contribution in [2.45, 2.75) is 6.18 Å². The number of benzene rings is 1. The smallest absolute Gasteiger partial charge is 0.372 e. The molecule has 1 aromatic heterocycles. The lowest BCUT2D eigenvalue weighted by Gasteiger charge is -2.18. The van der Waals surface area contributed by atoms with Gasteiger partial charge in [0.25, 0.3) is 5.91 Å². The Morgan fingerprint density at radius 3 is 2.42 bits per heavy atom. The zero-order valence-electron chi connectivity index (χ0n) is 13.3. The number of hydrogen-bond acceptors (Lipinski definition) is 8. The second-order valence-corrected chi connectivity index (χ2v) is 4.86. The number of primary amides is 1. The molecular formula is C14H13F3N8O. The quantitative estimate of drug-likeness (QED) is 0.499. The first-order chi connectivity index (χ1) is 12.2. The lowest BCUT2D eigenvalue weighted by Crippen LogP contribution is -2.22. The van der Waals surface area contributed by atoms with Crippen LogP contribution in [0.1, 0.15) is 21.5 Å². The highest BCUT2D eigenvalue weighted by molar-refractivity contribution is 5.99. The fourth-order valence-corrected chi connectivity index (χ4v) is 2.11. The van der Waals surface area contributed by atoms with E-state index in [0.717, 1.165) is 18.2 Å². The maximum Gasteiger partial charge on any atom is 0.418 e. The molecule has 7 N–H and O–H groups in total. The molecule has 0 unspecified atom stereocenters. The van der Waals surface area contributed by atoms with Crippen LogP contribution in [0.4, 0.5) is 36.4 Å². The van der Waals surface area contributed by atoms with Gasteiger partial charge in [-0.15, -0.1) is 0 Å². The molecule has 0 aliphatic carbocycles. The summed E-state index contributed by atoms with van der Waals surface area (Å²) in [7, 11) is 1.48. The second-order valence-electron chi connectivity index (χ2n) is 4.86. The Morgan fingerprint density at radius 2 is 1.88 bits per heavy atom. The molecule has 26 heavy (non-hydrogen) atoms. The fourth-order valence-electron chi connectivity index (χ4n) is 2.11. The third-order valence-electron chi connectivity index (χ3n) is 3.22. The van der Waals surface area contributed by atoms with Crippen LogP contribution in [0.5, 0.6) is 0 Å². The molecule has 0 atom stereocenters. The average molecular weight is 366 g/mol. The van der Waals surface area contributed by atoms with Crippen LogP contribution in [0.15, 0.2) is 18.2 Å². The van der Waals surface area contributed by atoms with Gasteiger partial charge in [-0.25, -0.2) is 0 Å². The zero-order chi connectivity index (χ0) is 19.5. The van der Waals surface area contributed by atoms with E-state index in [2.05, 4.69) is 26.1 Å². The Kier molecular flexibility index (Phi) is 5.01. The number of carbonyl (C=O) groups excluding carboxylic acids is 1. The summed E-state index contributed by atoms with van der Waals surface area (Å²) in [6, 6.07) is 4.75. The molecule has 136 valence electrons. The number of nitrogen functional groups attached to an aromatic ring is 1. The van der Waals surface area contributed by atoms with E-state index < -0.39 is 28.9 Å². The molecule has 0 saturated carbocycles. The van der Waals surface area contributed by atoms with Gasteiger partial charge in [-0.1, -0.05) is 6.07 Å². The van der Waals surface area contributed by atoms with Crippen LogP contribution in [0.2, 0.25) is 0 Å². The number of para-hydroxylation sites is 1. The van der Waals surface area contributed by atoms with Gasteiger partial charge in [-0.2, -0.15) is 28.4 Å². The van der Waals surface area contributed by atoms with E-state index in [4.69, 9.17) is 11.5 Å².